The molecular weight excluding hydrogens is 226 g/mol. The second-order valence-electron chi connectivity index (χ2n) is 5.11. The van der Waals surface area contributed by atoms with Gasteiger partial charge in [-0.2, -0.15) is 5.10 Å². The smallest absolute Gasteiger partial charge is 0.0766 e. The molecule has 0 aliphatic heterocycles. The van der Waals surface area contributed by atoms with Gasteiger partial charge in [0.05, 0.1) is 11.3 Å². The number of nitrogens with one attached hydrogen (secondary N) is 1. The molecule has 18 heavy (non-hydrogen) atoms. The van der Waals surface area contributed by atoms with Crippen LogP contribution in [0.1, 0.15) is 44.5 Å². The highest BCUT2D eigenvalue weighted by atomic mass is 16.3. The van der Waals surface area contributed by atoms with Crippen LogP contribution in [0.25, 0.3) is 0 Å². The SMILES string of the molecule is CCC(O)(CC)CNCCCn1nc(C)cc1C. The maximum absolute atomic E-state index is 10.1. The van der Waals surface area contributed by atoms with Crippen LogP contribution in [0, 0.1) is 13.8 Å². The van der Waals surface area contributed by atoms with Crippen molar-refractivity contribution in [2.45, 2.75) is 59.1 Å². The summed E-state index contributed by atoms with van der Waals surface area (Å²) in [6.07, 6.45) is 2.63. The van der Waals surface area contributed by atoms with Gasteiger partial charge in [-0.25, -0.2) is 0 Å². The topological polar surface area (TPSA) is 50.1 Å². The van der Waals surface area contributed by atoms with Crippen LogP contribution in [0.4, 0.5) is 0 Å². The third-order valence-corrected chi connectivity index (χ3v) is 3.60. The van der Waals surface area contributed by atoms with Crippen molar-refractivity contribution < 1.29 is 5.11 Å². The molecule has 0 spiro atoms. The summed E-state index contributed by atoms with van der Waals surface area (Å²) in [6, 6.07) is 2.10. The minimum absolute atomic E-state index is 0.543. The molecule has 0 aromatic carbocycles. The molecule has 1 heterocycles. The van der Waals surface area contributed by atoms with E-state index in [1.165, 1.54) is 5.69 Å². The van der Waals surface area contributed by atoms with Gasteiger partial charge in [0, 0.05) is 18.8 Å². The van der Waals surface area contributed by atoms with Crippen LogP contribution >= 0.6 is 0 Å². The molecule has 1 rings (SSSR count). The molecule has 0 aliphatic carbocycles. The standard InChI is InChI=1S/C14H27N3O/c1-5-14(18,6-2)11-15-8-7-9-17-13(4)10-12(3)16-17/h10,15,18H,5-9,11H2,1-4H3. The lowest BCUT2D eigenvalue weighted by Gasteiger charge is -2.25. The highest BCUT2D eigenvalue weighted by Gasteiger charge is 2.20. The van der Waals surface area contributed by atoms with E-state index in [4.69, 9.17) is 0 Å². The molecule has 104 valence electrons. The van der Waals surface area contributed by atoms with Gasteiger partial charge in [-0.05, 0) is 45.7 Å². The van der Waals surface area contributed by atoms with Crippen LogP contribution in [-0.4, -0.2) is 33.6 Å². The van der Waals surface area contributed by atoms with E-state index in [2.05, 4.69) is 23.4 Å². The molecular formula is C14H27N3O. The molecule has 0 radical (unpaired) electrons. The van der Waals surface area contributed by atoms with E-state index in [-0.39, 0.29) is 0 Å². The highest BCUT2D eigenvalue weighted by Crippen LogP contribution is 2.12. The van der Waals surface area contributed by atoms with E-state index in [1.54, 1.807) is 0 Å². The minimum Gasteiger partial charge on any atom is -0.389 e. The largest absolute Gasteiger partial charge is 0.389 e. The van der Waals surface area contributed by atoms with E-state index in [9.17, 15) is 5.11 Å². The Morgan fingerprint density at radius 2 is 2.00 bits per heavy atom. The fourth-order valence-electron chi connectivity index (χ4n) is 2.08. The molecule has 0 bridgehead atoms. The lowest BCUT2D eigenvalue weighted by molar-refractivity contribution is 0.0326. The molecule has 0 atom stereocenters. The predicted octanol–water partition coefficient (Wildman–Crippen LogP) is 2.03. The number of hydrogen-bond acceptors (Lipinski definition) is 3. The summed E-state index contributed by atoms with van der Waals surface area (Å²) in [4.78, 5) is 0. The summed E-state index contributed by atoms with van der Waals surface area (Å²) in [6.45, 7) is 10.7. The number of aromatic nitrogens is 2. The fourth-order valence-corrected chi connectivity index (χ4v) is 2.08. The van der Waals surface area contributed by atoms with Crippen LogP contribution in [-0.2, 0) is 6.54 Å². The summed E-state index contributed by atoms with van der Waals surface area (Å²) in [5.74, 6) is 0. The van der Waals surface area contributed by atoms with Gasteiger partial charge in [0.15, 0.2) is 0 Å². The maximum Gasteiger partial charge on any atom is 0.0766 e. The average molecular weight is 253 g/mol. The zero-order chi connectivity index (χ0) is 13.6. The van der Waals surface area contributed by atoms with Crippen molar-refractivity contribution in [3.8, 4) is 0 Å². The van der Waals surface area contributed by atoms with E-state index in [0.717, 1.165) is 38.0 Å². The Balaban J connectivity index is 2.21. The zero-order valence-electron chi connectivity index (χ0n) is 12.2. The van der Waals surface area contributed by atoms with Gasteiger partial charge in [0.25, 0.3) is 0 Å². The van der Waals surface area contributed by atoms with Crippen LogP contribution in [0.5, 0.6) is 0 Å². The molecule has 2 N–H and O–H groups in total. The zero-order valence-corrected chi connectivity index (χ0v) is 12.2. The number of hydrogen-bond donors (Lipinski definition) is 2. The Labute approximate surface area is 110 Å². The summed E-state index contributed by atoms with van der Waals surface area (Å²) in [5.41, 5.74) is 1.75. The quantitative estimate of drug-likeness (QED) is 0.697. The summed E-state index contributed by atoms with van der Waals surface area (Å²) < 4.78 is 2.04. The van der Waals surface area contributed by atoms with Crippen LogP contribution < -0.4 is 5.32 Å². The fraction of sp³-hybridized carbons (Fsp3) is 0.786. The van der Waals surface area contributed by atoms with Gasteiger partial charge >= 0.3 is 0 Å². The summed E-state index contributed by atoms with van der Waals surface area (Å²) >= 11 is 0. The van der Waals surface area contributed by atoms with Gasteiger partial charge in [0.2, 0.25) is 0 Å². The monoisotopic (exact) mass is 253 g/mol. The summed E-state index contributed by atoms with van der Waals surface area (Å²) in [5, 5.41) is 17.9. The first kappa shape index (κ1) is 15.2. The van der Waals surface area contributed by atoms with Crippen molar-refractivity contribution in [1.82, 2.24) is 15.1 Å². The second-order valence-corrected chi connectivity index (χ2v) is 5.11. The van der Waals surface area contributed by atoms with E-state index in [0.29, 0.717) is 6.54 Å². The Bertz CT molecular complexity index is 356. The van der Waals surface area contributed by atoms with E-state index in [1.807, 2.05) is 25.5 Å². The Kier molecular flexibility index (Phi) is 5.82. The molecule has 0 fully saturated rings. The van der Waals surface area contributed by atoms with Gasteiger partial charge in [-0.3, -0.25) is 4.68 Å². The molecule has 0 saturated carbocycles. The van der Waals surface area contributed by atoms with Crippen LogP contribution in [0.15, 0.2) is 6.07 Å². The lowest BCUT2D eigenvalue weighted by atomic mass is 9.98. The predicted molar refractivity (Wildman–Crippen MR) is 74.7 cm³/mol. The third kappa shape index (κ3) is 4.42. The lowest BCUT2D eigenvalue weighted by Crippen LogP contribution is -2.40. The van der Waals surface area contributed by atoms with Crippen molar-refractivity contribution in [3.05, 3.63) is 17.5 Å². The Morgan fingerprint density at radius 1 is 1.33 bits per heavy atom. The number of rotatable bonds is 8. The van der Waals surface area contributed by atoms with Gasteiger partial charge in [-0.15, -0.1) is 0 Å². The molecule has 4 nitrogen and oxygen atoms in total. The maximum atomic E-state index is 10.1. The molecule has 4 heteroatoms. The van der Waals surface area contributed by atoms with Crippen molar-refractivity contribution in [2.24, 2.45) is 0 Å². The molecule has 1 aromatic heterocycles. The minimum atomic E-state index is -0.543. The average Bonchev–Trinajstić information content (AvgIpc) is 2.67. The normalized spacial score (nSPS) is 12.1. The molecule has 0 aliphatic rings. The Hall–Kier alpha value is -0.870. The van der Waals surface area contributed by atoms with Crippen molar-refractivity contribution in [2.75, 3.05) is 13.1 Å². The van der Waals surface area contributed by atoms with Crippen LogP contribution in [0.3, 0.4) is 0 Å². The van der Waals surface area contributed by atoms with Gasteiger partial charge in [0.1, 0.15) is 0 Å². The number of aliphatic hydroxyl groups is 1. The first-order valence-corrected chi connectivity index (χ1v) is 6.95. The molecule has 1 aromatic rings. The first-order chi connectivity index (χ1) is 8.50. The van der Waals surface area contributed by atoms with Crippen molar-refractivity contribution in [3.63, 3.8) is 0 Å². The van der Waals surface area contributed by atoms with Crippen molar-refractivity contribution >= 4 is 0 Å². The summed E-state index contributed by atoms with van der Waals surface area (Å²) in [7, 11) is 0. The Morgan fingerprint density at radius 3 is 2.50 bits per heavy atom. The van der Waals surface area contributed by atoms with Crippen molar-refractivity contribution in [1.29, 1.82) is 0 Å². The molecule has 0 saturated heterocycles. The highest BCUT2D eigenvalue weighted by molar-refractivity contribution is 5.06. The first-order valence-electron chi connectivity index (χ1n) is 6.95. The second kappa shape index (κ2) is 6.90. The third-order valence-electron chi connectivity index (χ3n) is 3.60. The number of nitrogens with zero attached hydrogens (tertiary/aromatic N) is 2. The van der Waals surface area contributed by atoms with Gasteiger partial charge < -0.3 is 10.4 Å². The molecule has 0 unspecified atom stereocenters. The van der Waals surface area contributed by atoms with E-state index < -0.39 is 5.60 Å². The number of aryl methyl sites for hydroxylation is 3. The van der Waals surface area contributed by atoms with Gasteiger partial charge in [-0.1, -0.05) is 13.8 Å². The van der Waals surface area contributed by atoms with Crippen LogP contribution in [0.2, 0.25) is 0 Å². The van der Waals surface area contributed by atoms with E-state index >= 15 is 0 Å². The molecule has 0 amide bonds.